The molecule has 0 bridgehead atoms. The average Bonchev–Trinajstić information content (AvgIpc) is 3.51. The summed E-state index contributed by atoms with van der Waals surface area (Å²) >= 11 is 0. The second-order valence-electron chi connectivity index (χ2n) is 9.50. The van der Waals surface area contributed by atoms with Gasteiger partial charge < -0.3 is 15.2 Å². The number of carbonyl (C=O) groups is 1. The van der Waals surface area contributed by atoms with Crippen LogP contribution < -0.4 is 10.5 Å². The van der Waals surface area contributed by atoms with Gasteiger partial charge in [0.15, 0.2) is 0 Å². The zero-order chi connectivity index (χ0) is 30.6. The molecule has 1 aliphatic heterocycles. The van der Waals surface area contributed by atoms with Crippen molar-refractivity contribution in [3.63, 3.8) is 0 Å². The van der Waals surface area contributed by atoms with Crippen LogP contribution in [0, 0.1) is 0 Å². The number of hydrogen-bond donors (Lipinski definition) is 2. The molecule has 0 radical (unpaired) electrons. The van der Waals surface area contributed by atoms with Crippen molar-refractivity contribution in [1.82, 2.24) is 30.0 Å². The summed E-state index contributed by atoms with van der Waals surface area (Å²) in [6.45, 7) is 1.95. The summed E-state index contributed by atoms with van der Waals surface area (Å²) in [4.78, 5) is 27.6. The van der Waals surface area contributed by atoms with E-state index in [0.29, 0.717) is 47.3 Å². The number of hydrogen-bond acceptors (Lipinski definition) is 9. The number of halogens is 3. The van der Waals surface area contributed by atoms with E-state index < -0.39 is 12.1 Å². The highest BCUT2D eigenvalue weighted by Gasteiger charge is 2.41. The fourth-order valence-electron chi connectivity index (χ4n) is 4.68. The number of ether oxygens (including phenoxy) is 2. The van der Waals surface area contributed by atoms with E-state index in [0.717, 1.165) is 23.1 Å². The zero-order valence-electron chi connectivity index (χ0n) is 23.3. The van der Waals surface area contributed by atoms with Crippen LogP contribution in [0.5, 0.6) is 5.75 Å². The summed E-state index contributed by atoms with van der Waals surface area (Å²) in [6, 6.07) is 19.0. The van der Waals surface area contributed by atoms with E-state index in [9.17, 15) is 18.0 Å². The van der Waals surface area contributed by atoms with Gasteiger partial charge in [0.25, 0.3) is 0 Å². The van der Waals surface area contributed by atoms with E-state index in [4.69, 9.17) is 14.7 Å². The van der Waals surface area contributed by atoms with Crippen LogP contribution in [-0.2, 0) is 9.53 Å². The summed E-state index contributed by atoms with van der Waals surface area (Å²) < 4.78 is 48.0. The highest BCUT2D eigenvalue weighted by Crippen LogP contribution is 2.36. The summed E-state index contributed by atoms with van der Waals surface area (Å²) in [5, 5.41) is 8.21. The van der Waals surface area contributed by atoms with Crippen LogP contribution >= 0.6 is 0 Å². The van der Waals surface area contributed by atoms with Gasteiger partial charge in [-0.25, -0.2) is 14.8 Å². The van der Waals surface area contributed by atoms with E-state index in [-0.39, 0.29) is 11.8 Å². The van der Waals surface area contributed by atoms with Gasteiger partial charge >= 0.3 is 12.1 Å². The van der Waals surface area contributed by atoms with Gasteiger partial charge in [0, 0.05) is 29.3 Å². The first-order valence-corrected chi connectivity index (χ1v) is 13.3. The zero-order valence-corrected chi connectivity index (χ0v) is 23.3. The van der Waals surface area contributed by atoms with Gasteiger partial charge in [-0.1, -0.05) is 30.3 Å². The third-order valence-electron chi connectivity index (χ3n) is 6.82. The summed E-state index contributed by atoms with van der Waals surface area (Å²) in [7, 11) is 3.51. The van der Waals surface area contributed by atoms with E-state index in [1.54, 1.807) is 24.4 Å². The molecule has 0 aliphatic carbocycles. The molecule has 13 heteroatoms. The number of fused-ring (bicyclic) bond motifs is 1. The van der Waals surface area contributed by atoms with E-state index in [2.05, 4.69) is 30.6 Å². The van der Waals surface area contributed by atoms with Gasteiger partial charge in [-0.05, 0) is 56.1 Å². The van der Waals surface area contributed by atoms with Crippen LogP contribution in [0.1, 0.15) is 11.9 Å². The van der Waals surface area contributed by atoms with Gasteiger partial charge in [-0.3, -0.25) is 15.0 Å². The minimum atomic E-state index is -5.09. The monoisotopic (exact) mass is 591 g/mol. The third-order valence-corrected chi connectivity index (χ3v) is 6.82. The van der Waals surface area contributed by atoms with Crippen LogP contribution in [-0.4, -0.2) is 76.0 Å². The molecule has 222 valence electrons. The molecule has 2 aromatic carbocycles. The normalized spacial score (nSPS) is 15.5. The fraction of sp³-hybridized carbons (Fsp3) is 0.233. The molecule has 1 saturated heterocycles. The predicted octanol–water partition coefficient (Wildman–Crippen LogP) is 4.79. The van der Waals surface area contributed by atoms with Gasteiger partial charge in [0.05, 0.1) is 30.5 Å². The smallest absolute Gasteiger partial charge is 0.420 e. The Hall–Kier alpha value is -4.72. The Morgan fingerprint density at radius 3 is 2.47 bits per heavy atom. The summed E-state index contributed by atoms with van der Waals surface area (Å²) in [5.74, 6) is -1.40. The number of nitrogens with one attached hydrogen (secondary N) is 1. The number of aromatic nitrogens is 5. The number of likely N-dealkylation sites (N-methyl/N-ethyl adjacent to an activating group) is 1. The van der Waals surface area contributed by atoms with E-state index >= 15 is 0 Å². The molecular weight excluding hydrogens is 563 g/mol. The van der Waals surface area contributed by atoms with Crippen molar-refractivity contribution in [3.8, 4) is 39.7 Å². The lowest BCUT2D eigenvalue weighted by molar-refractivity contribution is -0.189. The highest BCUT2D eigenvalue weighted by molar-refractivity contribution is 5.97. The Bertz CT molecular complexity index is 1710. The molecule has 10 nitrogen and oxygen atoms in total. The number of benzene rings is 2. The molecule has 0 spiro atoms. The molecule has 6 rings (SSSR count). The number of esters is 1. The number of H-pyrrole nitrogens is 1. The van der Waals surface area contributed by atoms with Crippen LogP contribution in [0.3, 0.4) is 0 Å². The average molecular weight is 592 g/mol. The Balaban J connectivity index is 0.00000180. The molecule has 1 unspecified atom stereocenters. The fourth-order valence-corrected chi connectivity index (χ4v) is 4.68. The summed E-state index contributed by atoms with van der Waals surface area (Å²) in [6.07, 6.45) is -3.46. The van der Waals surface area contributed by atoms with Crippen molar-refractivity contribution < 1.29 is 27.4 Å². The molecule has 3 aromatic heterocycles. The maximum Gasteiger partial charge on any atom is 0.491 e. The van der Waals surface area contributed by atoms with Gasteiger partial charge in [0.1, 0.15) is 17.3 Å². The second-order valence-corrected chi connectivity index (χ2v) is 9.50. The lowest BCUT2D eigenvalue weighted by Crippen LogP contribution is -2.37. The van der Waals surface area contributed by atoms with E-state index in [1.807, 2.05) is 43.4 Å². The van der Waals surface area contributed by atoms with Crippen LogP contribution in [0.25, 0.3) is 44.8 Å². The number of morpholine rings is 1. The molecule has 43 heavy (non-hydrogen) atoms. The number of carbonyl (C=O) groups excluding carboxylic acids is 1. The molecule has 4 heterocycles. The topological polar surface area (TPSA) is 132 Å². The molecule has 0 saturated carbocycles. The number of pyridine rings is 2. The molecule has 1 atom stereocenters. The Kier molecular flexibility index (Phi) is 8.76. The number of nitrogens with zero attached hydrogens (tertiary/aromatic N) is 5. The molecule has 5 aromatic rings. The summed E-state index contributed by atoms with van der Waals surface area (Å²) in [5.41, 5.74) is 8.53. The Labute approximate surface area is 244 Å². The minimum absolute atomic E-state index is 0.0528. The van der Waals surface area contributed by atoms with Crippen LogP contribution in [0.4, 0.5) is 13.2 Å². The quantitative estimate of drug-likeness (QED) is 0.219. The molecular formula is C30H28F3N7O3. The van der Waals surface area contributed by atoms with Crippen molar-refractivity contribution in [3.05, 3.63) is 78.8 Å². The minimum Gasteiger partial charge on any atom is -0.420 e. The van der Waals surface area contributed by atoms with Gasteiger partial charge in [-0.15, -0.1) is 0 Å². The standard InChI is InChI=1S/C29H23F3N6O3.CH5N/c1-38-13-14-40-16-23(38)26-35-27(37-36-26)25-21-15-20(17-5-3-2-4-6-17)24(34-22(21)11-12-33-25)18-7-9-19(10-8-18)41-28(39)29(30,31)32;1-2/h2-12,15,23H,13-14,16H2,1H3,(H,35,36,37);2H2,1H3. The van der Waals surface area contributed by atoms with Gasteiger partial charge in [-0.2, -0.15) is 18.3 Å². The lowest BCUT2D eigenvalue weighted by Gasteiger charge is -2.30. The maximum atomic E-state index is 12.6. The first kappa shape index (κ1) is 29.8. The molecule has 3 N–H and O–H groups in total. The van der Waals surface area contributed by atoms with Crippen molar-refractivity contribution >= 4 is 16.9 Å². The number of rotatable bonds is 5. The third kappa shape index (κ3) is 6.38. The van der Waals surface area contributed by atoms with Crippen LogP contribution in [0.2, 0.25) is 0 Å². The number of alkyl halides is 3. The first-order chi connectivity index (χ1) is 20.8. The Morgan fingerprint density at radius 2 is 1.77 bits per heavy atom. The largest absolute Gasteiger partial charge is 0.491 e. The predicted molar refractivity (Wildman–Crippen MR) is 154 cm³/mol. The molecule has 0 amide bonds. The maximum absolute atomic E-state index is 12.6. The number of nitrogens with two attached hydrogens (primary N) is 1. The SMILES string of the molecule is CN.CN1CCOCC1c1nc(-c2nccc3nc(-c4ccc(OC(=O)C(F)(F)F)cc4)c(-c4ccccc4)cc23)n[nH]1. The molecule has 1 fully saturated rings. The van der Waals surface area contributed by atoms with Gasteiger partial charge in [0.2, 0.25) is 5.82 Å². The van der Waals surface area contributed by atoms with Crippen molar-refractivity contribution in [2.75, 3.05) is 33.9 Å². The van der Waals surface area contributed by atoms with Crippen LogP contribution in [0.15, 0.2) is 72.9 Å². The molecule has 1 aliphatic rings. The Morgan fingerprint density at radius 1 is 1.02 bits per heavy atom. The van der Waals surface area contributed by atoms with E-state index in [1.165, 1.54) is 19.2 Å². The van der Waals surface area contributed by atoms with Crippen molar-refractivity contribution in [2.24, 2.45) is 5.73 Å². The lowest BCUT2D eigenvalue weighted by atomic mass is 9.97. The number of aromatic amines is 1. The first-order valence-electron chi connectivity index (χ1n) is 13.3. The van der Waals surface area contributed by atoms with Crippen molar-refractivity contribution in [1.29, 1.82) is 0 Å². The highest BCUT2D eigenvalue weighted by atomic mass is 19.4. The van der Waals surface area contributed by atoms with Crippen molar-refractivity contribution in [2.45, 2.75) is 12.2 Å². The second kappa shape index (κ2) is 12.7.